The van der Waals surface area contributed by atoms with Gasteiger partial charge in [0.1, 0.15) is 5.75 Å². The quantitative estimate of drug-likeness (QED) is 0.790. The van der Waals surface area contributed by atoms with Gasteiger partial charge in [-0.2, -0.15) is 0 Å². The molecule has 0 unspecified atom stereocenters. The minimum absolute atomic E-state index is 0.329. The Morgan fingerprint density at radius 1 is 1.40 bits per heavy atom. The number of sulfonamides is 1. The van der Waals surface area contributed by atoms with E-state index in [2.05, 4.69) is 4.72 Å². The zero-order valence-corrected chi connectivity index (χ0v) is 9.47. The molecule has 3 N–H and O–H groups in total. The minimum atomic E-state index is -3.27. The van der Waals surface area contributed by atoms with E-state index < -0.39 is 10.0 Å². The standard InChI is InChI=1S/C9H14N2O3S/c1-14-9-4-7(6-10)3-8(5-9)11-15(2,12)13/h3-5,11H,6,10H2,1-2H3. The van der Waals surface area contributed by atoms with E-state index in [1.807, 2.05) is 0 Å². The van der Waals surface area contributed by atoms with E-state index in [1.54, 1.807) is 18.2 Å². The normalized spacial score (nSPS) is 11.1. The summed E-state index contributed by atoms with van der Waals surface area (Å²) in [5, 5.41) is 0. The summed E-state index contributed by atoms with van der Waals surface area (Å²) in [6, 6.07) is 5.03. The summed E-state index contributed by atoms with van der Waals surface area (Å²) in [6.07, 6.45) is 1.09. The molecule has 1 rings (SSSR count). The lowest BCUT2D eigenvalue weighted by Crippen LogP contribution is -2.10. The van der Waals surface area contributed by atoms with Gasteiger partial charge in [-0.05, 0) is 17.7 Å². The van der Waals surface area contributed by atoms with Crippen LogP contribution in [-0.4, -0.2) is 21.8 Å². The maximum atomic E-state index is 11.0. The Balaban J connectivity index is 3.07. The fourth-order valence-electron chi connectivity index (χ4n) is 1.17. The number of nitrogens with one attached hydrogen (secondary N) is 1. The topological polar surface area (TPSA) is 81.4 Å². The molecule has 0 radical (unpaired) electrons. The first-order valence-corrected chi connectivity index (χ1v) is 6.19. The van der Waals surface area contributed by atoms with Crippen molar-refractivity contribution >= 4 is 15.7 Å². The number of rotatable bonds is 4. The molecule has 0 fully saturated rings. The third-order valence-corrected chi connectivity index (χ3v) is 2.35. The van der Waals surface area contributed by atoms with Crippen molar-refractivity contribution in [2.45, 2.75) is 6.54 Å². The van der Waals surface area contributed by atoms with Gasteiger partial charge in [-0.1, -0.05) is 0 Å². The molecule has 0 aromatic heterocycles. The van der Waals surface area contributed by atoms with Crippen molar-refractivity contribution in [3.63, 3.8) is 0 Å². The monoisotopic (exact) mass is 230 g/mol. The van der Waals surface area contributed by atoms with Gasteiger partial charge in [0.2, 0.25) is 10.0 Å². The van der Waals surface area contributed by atoms with E-state index in [-0.39, 0.29) is 0 Å². The number of nitrogens with two attached hydrogens (primary N) is 1. The van der Waals surface area contributed by atoms with Crippen LogP contribution in [0.15, 0.2) is 18.2 Å². The molecule has 0 saturated heterocycles. The first kappa shape index (κ1) is 11.8. The Hall–Kier alpha value is -1.27. The Kier molecular flexibility index (Phi) is 3.54. The van der Waals surface area contributed by atoms with Gasteiger partial charge in [0.15, 0.2) is 0 Å². The molecule has 0 aliphatic carbocycles. The lowest BCUT2D eigenvalue weighted by Gasteiger charge is -2.08. The molecule has 15 heavy (non-hydrogen) atoms. The molecular formula is C9H14N2O3S. The number of benzene rings is 1. The highest BCUT2D eigenvalue weighted by atomic mass is 32.2. The van der Waals surface area contributed by atoms with Crippen molar-refractivity contribution < 1.29 is 13.2 Å². The maximum Gasteiger partial charge on any atom is 0.229 e. The molecule has 0 heterocycles. The van der Waals surface area contributed by atoms with Crippen LogP contribution >= 0.6 is 0 Å². The highest BCUT2D eigenvalue weighted by Crippen LogP contribution is 2.21. The smallest absolute Gasteiger partial charge is 0.229 e. The molecule has 0 aliphatic heterocycles. The van der Waals surface area contributed by atoms with Gasteiger partial charge in [0, 0.05) is 12.6 Å². The van der Waals surface area contributed by atoms with Crippen molar-refractivity contribution in [2.75, 3.05) is 18.1 Å². The number of hydrogen-bond acceptors (Lipinski definition) is 4. The van der Waals surface area contributed by atoms with Crippen LogP contribution in [0.1, 0.15) is 5.56 Å². The lowest BCUT2D eigenvalue weighted by molar-refractivity contribution is 0.414. The van der Waals surface area contributed by atoms with Gasteiger partial charge < -0.3 is 10.5 Å². The Morgan fingerprint density at radius 3 is 2.53 bits per heavy atom. The maximum absolute atomic E-state index is 11.0. The molecule has 5 nitrogen and oxygen atoms in total. The van der Waals surface area contributed by atoms with Crippen molar-refractivity contribution in [1.29, 1.82) is 0 Å². The van der Waals surface area contributed by atoms with E-state index in [4.69, 9.17) is 10.5 Å². The second-order valence-corrected chi connectivity index (χ2v) is 4.90. The number of anilines is 1. The zero-order chi connectivity index (χ0) is 11.5. The lowest BCUT2D eigenvalue weighted by atomic mass is 10.2. The molecule has 6 heteroatoms. The van der Waals surface area contributed by atoms with Crippen LogP contribution in [0.2, 0.25) is 0 Å². The van der Waals surface area contributed by atoms with Crippen LogP contribution in [0, 0.1) is 0 Å². The molecular weight excluding hydrogens is 216 g/mol. The van der Waals surface area contributed by atoms with Crippen molar-refractivity contribution in [1.82, 2.24) is 0 Å². The summed E-state index contributed by atoms with van der Waals surface area (Å²) < 4.78 is 29.4. The molecule has 1 aromatic carbocycles. The van der Waals surface area contributed by atoms with Crippen molar-refractivity contribution in [3.8, 4) is 5.75 Å². The number of methoxy groups -OCH3 is 1. The predicted octanol–water partition coefficient (Wildman–Crippen LogP) is 0.525. The Bertz CT molecular complexity index is 420. The molecule has 84 valence electrons. The van der Waals surface area contributed by atoms with Gasteiger partial charge in [-0.25, -0.2) is 8.42 Å². The first-order chi connectivity index (χ1) is 6.94. The molecule has 0 saturated carbocycles. The zero-order valence-electron chi connectivity index (χ0n) is 8.65. The van der Waals surface area contributed by atoms with E-state index in [9.17, 15) is 8.42 Å². The van der Waals surface area contributed by atoms with Gasteiger partial charge in [0.25, 0.3) is 0 Å². The Morgan fingerprint density at radius 2 is 2.07 bits per heavy atom. The third kappa shape index (κ3) is 3.77. The predicted molar refractivity (Wildman–Crippen MR) is 59.4 cm³/mol. The van der Waals surface area contributed by atoms with E-state index in [0.717, 1.165) is 11.8 Å². The van der Waals surface area contributed by atoms with Gasteiger partial charge in [0.05, 0.1) is 19.1 Å². The van der Waals surface area contributed by atoms with E-state index >= 15 is 0 Å². The SMILES string of the molecule is COc1cc(CN)cc(NS(C)(=O)=O)c1. The van der Waals surface area contributed by atoms with Crippen LogP contribution < -0.4 is 15.2 Å². The second-order valence-electron chi connectivity index (χ2n) is 3.15. The van der Waals surface area contributed by atoms with E-state index in [1.165, 1.54) is 7.11 Å². The summed E-state index contributed by atoms with van der Waals surface area (Å²) in [5.41, 5.74) is 6.74. The van der Waals surface area contributed by atoms with Crippen molar-refractivity contribution in [3.05, 3.63) is 23.8 Å². The average molecular weight is 230 g/mol. The molecule has 0 bridgehead atoms. The molecule has 0 amide bonds. The fourth-order valence-corrected chi connectivity index (χ4v) is 1.72. The number of ether oxygens (including phenoxy) is 1. The minimum Gasteiger partial charge on any atom is -0.497 e. The highest BCUT2D eigenvalue weighted by molar-refractivity contribution is 7.92. The van der Waals surface area contributed by atoms with Crippen LogP contribution in [0.5, 0.6) is 5.75 Å². The summed E-state index contributed by atoms with van der Waals surface area (Å²) in [7, 11) is -1.76. The summed E-state index contributed by atoms with van der Waals surface area (Å²) in [6.45, 7) is 0.329. The van der Waals surface area contributed by atoms with Crippen LogP contribution in [0.3, 0.4) is 0 Å². The van der Waals surface area contributed by atoms with Crippen LogP contribution in [-0.2, 0) is 16.6 Å². The molecule has 0 spiro atoms. The average Bonchev–Trinajstić information content (AvgIpc) is 2.14. The molecule has 0 aliphatic rings. The number of hydrogen-bond donors (Lipinski definition) is 2. The Labute approximate surface area is 89.3 Å². The van der Waals surface area contributed by atoms with Crippen LogP contribution in [0.4, 0.5) is 5.69 Å². The van der Waals surface area contributed by atoms with Gasteiger partial charge in [-0.15, -0.1) is 0 Å². The van der Waals surface area contributed by atoms with Gasteiger partial charge >= 0.3 is 0 Å². The molecule has 1 aromatic rings. The van der Waals surface area contributed by atoms with Gasteiger partial charge in [-0.3, -0.25) is 4.72 Å². The third-order valence-electron chi connectivity index (χ3n) is 1.74. The summed E-state index contributed by atoms with van der Waals surface area (Å²) in [5.74, 6) is 0.573. The molecule has 0 atom stereocenters. The van der Waals surface area contributed by atoms with Crippen molar-refractivity contribution in [2.24, 2.45) is 5.73 Å². The highest BCUT2D eigenvalue weighted by Gasteiger charge is 2.05. The van der Waals surface area contributed by atoms with Crippen LogP contribution in [0.25, 0.3) is 0 Å². The van der Waals surface area contributed by atoms with E-state index in [0.29, 0.717) is 18.0 Å². The fraction of sp³-hybridized carbons (Fsp3) is 0.333. The second kappa shape index (κ2) is 4.50. The largest absolute Gasteiger partial charge is 0.497 e. The summed E-state index contributed by atoms with van der Waals surface area (Å²) >= 11 is 0. The summed E-state index contributed by atoms with van der Waals surface area (Å²) in [4.78, 5) is 0. The first-order valence-electron chi connectivity index (χ1n) is 4.30.